The molecule has 0 aliphatic carbocycles. The number of H-pyrrole nitrogens is 1. The number of carbonyl (C=O) groups is 2. The van der Waals surface area contributed by atoms with Crippen molar-refractivity contribution in [3.63, 3.8) is 0 Å². The Bertz CT molecular complexity index is 1510. The molecule has 0 spiro atoms. The van der Waals surface area contributed by atoms with E-state index in [-0.39, 0.29) is 18.2 Å². The van der Waals surface area contributed by atoms with Crippen molar-refractivity contribution in [3.8, 4) is 5.75 Å². The van der Waals surface area contributed by atoms with Gasteiger partial charge in [0.1, 0.15) is 22.7 Å². The Morgan fingerprint density at radius 3 is 2.67 bits per heavy atom. The number of para-hydroxylation sites is 1. The van der Waals surface area contributed by atoms with Crippen LogP contribution in [0.3, 0.4) is 0 Å². The van der Waals surface area contributed by atoms with Gasteiger partial charge in [-0.15, -0.1) is 0 Å². The monoisotopic (exact) mass is 542 g/mol. The number of imidazole rings is 1. The Morgan fingerprint density at radius 2 is 1.90 bits per heavy atom. The third-order valence-electron chi connectivity index (χ3n) is 7.31. The van der Waals surface area contributed by atoms with E-state index >= 15 is 0 Å². The Morgan fingerprint density at radius 1 is 1.10 bits per heavy atom. The number of benzene rings is 3. The molecule has 3 aromatic carbocycles. The minimum atomic E-state index is -0.628. The molecule has 0 bridgehead atoms. The zero-order valence-electron chi connectivity index (χ0n) is 23.7. The van der Waals surface area contributed by atoms with Gasteiger partial charge in [-0.1, -0.05) is 48.5 Å². The van der Waals surface area contributed by atoms with Crippen LogP contribution >= 0.6 is 0 Å². The number of aromatic nitrogens is 2. The Balaban J connectivity index is 1.31. The highest BCUT2D eigenvalue weighted by Gasteiger charge is 2.29. The number of methoxy groups -OCH3 is 1. The molecular weight excluding hydrogens is 504 g/mol. The van der Waals surface area contributed by atoms with Gasteiger partial charge in [-0.05, 0) is 68.5 Å². The number of rotatable bonds is 7. The lowest BCUT2D eigenvalue weighted by atomic mass is 9.95. The van der Waals surface area contributed by atoms with E-state index in [1.54, 1.807) is 7.11 Å². The highest BCUT2D eigenvalue weighted by atomic mass is 16.6. The summed E-state index contributed by atoms with van der Waals surface area (Å²) < 4.78 is 11.0. The molecule has 1 saturated heterocycles. The molecule has 0 radical (unpaired) electrons. The maximum atomic E-state index is 13.6. The molecule has 2 amide bonds. The minimum Gasteiger partial charge on any atom is -0.494 e. The number of nitrogens with zero attached hydrogens (tertiary/aromatic N) is 2. The van der Waals surface area contributed by atoms with Crippen molar-refractivity contribution in [3.05, 3.63) is 72.1 Å². The first-order valence-electron chi connectivity index (χ1n) is 14.0. The van der Waals surface area contributed by atoms with Crippen LogP contribution in [0.4, 0.5) is 4.79 Å². The topological polar surface area (TPSA) is 96.6 Å². The predicted molar refractivity (Wildman–Crippen MR) is 157 cm³/mol. The highest BCUT2D eigenvalue weighted by molar-refractivity contribution is 5.83. The predicted octanol–water partition coefficient (Wildman–Crippen LogP) is 5.96. The summed E-state index contributed by atoms with van der Waals surface area (Å²) in [5.74, 6) is 1.72. The number of alkyl carbamates (subject to hydrolysis) is 1. The fourth-order valence-electron chi connectivity index (χ4n) is 5.45. The summed E-state index contributed by atoms with van der Waals surface area (Å²) in [6.45, 7) is 6.76. The standard InChI is InChI=1S/C32H38N4O4/c1-32(2,3)40-31(38)33-25(18-21-14-15-22-9-5-6-10-23(22)17-21)19-28(37)36-16-8-11-24(20-36)30-34-26-12-7-13-27(39-4)29(26)35-30/h5-7,9-10,12-15,17,24-25H,8,11,16,18-20H2,1-4H3,(H,33,38)(H,34,35). The van der Waals surface area contributed by atoms with Gasteiger partial charge >= 0.3 is 6.09 Å². The maximum Gasteiger partial charge on any atom is 0.407 e. The third kappa shape index (κ3) is 6.55. The Hall–Kier alpha value is -4.07. The molecule has 0 saturated carbocycles. The van der Waals surface area contributed by atoms with E-state index in [2.05, 4.69) is 40.6 Å². The first-order valence-corrected chi connectivity index (χ1v) is 14.0. The molecule has 1 aliphatic heterocycles. The fraction of sp³-hybridized carbons (Fsp3) is 0.406. The molecule has 2 unspecified atom stereocenters. The van der Waals surface area contributed by atoms with Crippen LogP contribution in [0.5, 0.6) is 5.75 Å². The van der Waals surface area contributed by atoms with Gasteiger partial charge in [-0.25, -0.2) is 9.78 Å². The summed E-state index contributed by atoms with van der Waals surface area (Å²) in [4.78, 5) is 36.5. The van der Waals surface area contributed by atoms with Crippen LogP contribution in [0.15, 0.2) is 60.7 Å². The van der Waals surface area contributed by atoms with E-state index in [9.17, 15) is 9.59 Å². The van der Waals surface area contributed by atoms with Gasteiger partial charge in [0.05, 0.1) is 12.6 Å². The summed E-state index contributed by atoms with van der Waals surface area (Å²) in [6, 6.07) is 19.8. The quantitative estimate of drug-likeness (QED) is 0.301. The average Bonchev–Trinajstić information content (AvgIpc) is 3.37. The van der Waals surface area contributed by atoms with E-state index in [0.29, 0.717) is 19.5 Å². The van der Waals surface area contributed by atoms with Gasteiger partial charge in [0, 0.05) is 31.5 Å². The van der Waals surface area contributed by atoms with E-state index in [1.807, 2.05) is 56.0 Å². The van der Waals surface area contributed by atoms with E-state index in [1.165, 1.54) is 0 Å². The second-order valence-corrected chi connectivity index (χ2v) is 11.6. The molecule has 210 valence electrons. The molecule has 2 N–H and O–H groups in total. The molecule has 5 rings (SSSR count). The zero-order valence-corrected chi connectivity index (χ0v) is 23.7. The highest BCUT2D eigenvalue weighted by Crippen LogP contribution is 2.30. The third-order valence-corrected chi connectivity index (χ3v) is 7.31. The van der Waals surface area contributed by atoms with Crippen molar-refractivity contribution < 1.29 is 19.1 Å². The lowest BCUT2D eigenvalue weighted by Crippen LogP contribution is -2.45. The summed E-state index contributed by atoms with van der Waals surface area (Å²) in [5, 5.41) is 5.25. The average molecular weight is 543 g/mol. The van der Waals surface area contributed by atoms with Crippen LogP contribution in [0.25, 0.3) is 21.8 Å². The number of amides is 2. The molecule has 1 aliphatic rings. The number of fused-ring (bicyclic) bond motifs is 2. The van der Waals surface area contributed by atoms with Crippen LogP contribution in [0.1, 0.15) is 57.3 Å². The number of aromatic amines is 1. The Kier molecular flexibility index (Phi) is 7.96. The summed E-state index contributed by atoms with van der Waals surface area (Å²) >= 11 is 0. The van der Waals surface area contributed by atoms with Gasteiger partial charge in [-0.3, -0.25) is 4.79 Å². The molecule has 4 aromatic rings. The number of likely N-dealkylation sites (tertiary alicyclic amines) is 1. The smallest absolute Gasteiger partial charge is 0.407 e. The van der Waals surface area contributed by atoms with Crippen molar-refractivity contribution in [1.82, 2.24) is 20.2 Å². The fourth-order valence-corrected chi connectivity index (χ4v) is 5.45. The van der Waals surface area contributed by atoms with Crippen molar-refractivity contribution >= 4 is 33.8 Å². The van der Waals surface area contributed by atoms with E-state index in [4.69, 9.17) is 14.5 Å². The molecule has 2 heterocycles. The minimum absolute atomic E-state index is 0.0141. The molecule has 40 heavy (non-hydrogen) atoms. The molecule has 1 fully saturated rings. The summed E-state index contributed by atoms with van der Waals surface area (Å²) in [6.07, 6.45) is 2.03. The Labute approximate surface area is 235 Å². The van der Waals surface area contributed by atoms with Crippen molar-refractivity contribution in [2.45, 2.75) is 64.0 Å². The van der Waals surface area contributed by atoms with E-state index < -0.39 is 17.7 Å². The second kappa shape index (κ2) is 11.6. The SMILES string of the molecule is COc1cccc2[nH]c(C3CCCN(C(=O)CC(Cc4ccc5ccccc5c4)NC(=O)OC(C)(C)C)C3)nc12. The lowest BCUT2D eigenvalue weighted by molar-refractivity contribution is -0.132. The second-order valence-electron chi connectivity index (χ2n) is 11.6. The van der Waals surface area contributed by atoms with Crippen molar-refractivity contribution in [2.75, 3.05) is 20.2 Å². The molecule has 8 nitrogen and oxygen atoms in total. The van der Waals surface area contributed by atoms with Crippen molar-refractivity contribution in [1.29, 1.82) is 0 Å². The number of piperidine rings is 1. The van der Waals surface area contributed by atoms with Crippen LogP contribution in [0.2, 0.25) is 0 Å². The number of hydrogen-bond acceptors (Lipinski definition) is 5. The summed E-state index contributed by atoms with van der Waals surface area (Å²) in [5.41, 5.74) is 2.16. The van der Waals surface area contributed by atoms with Crippen LogP contribution in [-0.2, 0) is 16.0 Å². The van der Waals surface area contributed by atoms with Gasteiger partial charge in [0.25, 0.3) is 0 Å². The molecule has 8 heteroatoms. The largest absolute Gasteiger partial charge is 0.494 e. The number of carbonyl (C=O) groups excluding carboxylic acids is 2. The first kappa shape index (κ1) is 27.5. The van der Waals surface area contributed by atoms with E-state index in [0.717, 1.165) is 51.8 Å². The molecular formula is C32H38N4O4. The van der Waals surface area contributed by atoms with Gasteiger partial charge in [-0.2, -0.15) is 0 Å². The lowest BCUT2D eigenvalue weighted by Gasteiger charge is -2.33. The molecule has 1 aromatic heterocycles. The van der Waals surface area contributed by atoms with Crippen LogP contribution in [0, 0.1) is 0 Å². The number of hydrogen-bond donors (Lipinski definition) is 2. The van der Waals surface area contributed by atoms with Gasteiger partial charge in [0.15, 0.2) is 0 Å². The van der Waals surface area contributed by atoms with Crippen molar-refractivity contribution in [2.24, 2.45) is 0 Å². The van der Waals surface area contributed by atoms with Crippen LogP contribution in [-0.4, -0.2) is 58.7 Å². The number of ether oxygens (including phenoxy) is 2. The zero-order chi connectivity index (χ0) is 28.3. The van der Waals surface area contributed by atoms with Gasteiger partial charge < -0.3 is 24.7 Å². The number of nitrogens with one attached hydrogen (secondary N) is 2. The van der Waals surface area contributed by atoms with Gasteiger partial charge in [0.2, 0.25) is 5.91 Å². The summed E-state index contributed by atoms with van der Waals surface area (Å²) in [7, 11) is 1.64. The maximum absolute atomic E-state index is 13.6. The first-order chi connectivity index (χ1) is 19.2. The van der Waals surface area contributed by atoms with Crippen LogP contribution < -0.4 is 10.1 Å². The molecule has 2 atom stereocenters. The normalized spacial score (nSPS) is 16.6.